The van der Waals surface area contributed by atoms with Crippen molar-refractivity contribution in [2.75, 3.05) is 13.7 Å². The molecule has 0 amide bonds. The Kier molecular flexibility index (Phi) is 5.60. The van der Waals surface area contributed by atoms with Crippen molar-refractivity contribution in [2.24, 2.45) is 5.73 Å². The molecule has 2 N–H and O–H groups in total. The minimum absolute atomic E-state index is 0.257. The van der Waals surface area contributed by atoms with Crippen LogP contribution in [-0.2, 0) is 9.53 Å². The third kappa shape index (κ3) is 3.23. The average molecular weight is 256 g/mol. The van der Waals surface area contributed by atoms with Gasteiger partial charge in [-0.2, -0.15) is 0 Å². The smallest absolute Gasteiger partial charge is 0.325 e. The normalized spacial score (nSPS) is 30.2. The van der Waals surface area contributed by atoms with E-state index in [1.807, 2.05) is 0 Å². The number of rotatable bonds is 5. The lowest BCUT2D eigenvalue weighted by Gasteiger charge is -2.43. The molecule has 0 radical (unpaired) electrons. The monoisotopic (exact) mass is 256 g/mol. The molecule has 106 valence electrons. The van der Waals surface area contributed by atoms with E-state index in [0.717, 1.165) is 38.6 Å². The molecule has 0 aromatic rings. The summed E-state index contributed by atoms with van der Waals surface area (Å²) < 4.78 is 4.86. The molecular weight excluding hydrogens is 228 g/mol. The lowest BCUT2D eigenvalue weighted by atomic mass is 9.78. The highest BCUT2D eigenvalue weighted by molar-refractivity contribution is 5.80. The van der Waals surface area contributed by atoms with Crippen LogP contribution in [0.4, 0.5) is 0 Å². The van der Waals surface area contributed by atoms with E-state index in [2.05, 4.69) is 25.7 Å². The predicted octanol–water partition coefficient (Wildman–Crippen LogP) is 1.92. The zero-order chi connectivity index (χ0) is 13.8. The van der Waals surface area contributed by atoms with Crippen molar-refractivity contribution in [2.45, 2.75) is 70.5 Å². The van der Waals surface area contributed by atoms with E-state index in [-0.39, 0.29) is 5.97 Å². The van der Waals surface area contributed by atoms with E-state index >= 15 is 0 Å². The molecule has 0 bridgehead atoms. The predicted molar refractivity (Wildman–Crippen MR) is 73.3 cm³/mol. The van der Waals surface area contributed by atoms with E-state index in [4.69, 9.17) is 10.5 Å². The van der Waals surface area contributed by atoms with Crippen LogP contribution in [0, 0.1) is 0 Å². The molecule has 18 heavy (non-hydrogen) atoms. The molecule has 3 atom stereocenters. The average Bonchev–Trinajstić information content (AvgIpc) is 2.38. The van der Waals surface area contributed by atoms with E-state index in [1.54, 1.807) is 0 Å². The summed E-state index contributed by atoms with van der Waals surface area (Å²) >= 11 is 0. The van der Waals surface area contributed by atoms with Gasteiger partial charge in [0.05, 0.1) is 7.11 Å². The number of carbonyl (C=O) groups is 1. The van der Waals surface area contributed by atoms with Crippen molar-refractivity contribution in [3.8, 4) is 0 Å². The van der Waals surface area contributed by atoms with Crippen LogP contribution >= 0.6 is 0 Å². The first-order chi connectivity index (χ1) is 8.48. The Hall–Kier alpha value is -0.610. The molecule has 1 fully saturated rings. The fourth-order valence-corrected chi connectivity index (χ4v) is 3.11. The van der Waals surface area contributed by atoms with Gasteiger partial charge in [-0.3, -0.25) is 9.69 Å². The molecular formula is C14H28N2O2. The summed E-state index contributed by atoms with van der Waals surface area (Å²) in [4.78, 5) is 14.3. The van der Waals surface area contributed by atoms with Gasteiger partial charge in [0, 0.05) is 12.1 Å². The first-order valence-corrected chi connectivity index (χ1v) is 7.11. The highest BCUT2D eigenvalue weighted by atomic mass is 16.5. The van der Waals surface area contributed by atoms with Crippen LogP contribution in [0.3, 0.4) is 0 Å². The number of nitrogens with two attached hydrogens (primary N) is 1. The molecule has 4 nitrogen and oxygen atoms in total. The van der Waals surface area contributed by atoms with Crippen LogP contribution < -0.4 is 5.73 Å². The van der Waals surface area contributed by atoms with Crippen LogP contribution in [0.2, 0.25) is 0 Å². The second-order valence-electron chi connectivity index (χ2n) is 5.49. The fraction of sp³-hybridized carbons (Fsp3) is 0.929. The largest absolute Gasteiger partial charge is 0.468 e. The molecule has 0 spiro atoms. The van der Waals surface area contributed by atoms with E-state index in [0.29, 0.717) is 12.1 Å². The van der Waals surface area contributed by atoms with Gasteiger partial charge >= 0.3 is 5.97 Å². The van der Waals surface area contributed by atoms with Crippen LogP contribution in [0.15, 0.2) is 0 Å². The maximum absolute atomic E-state index is 11.8. The Morgan fingerprint density at radius 1 is 1.56 bits per heavy atom. The van der Waals surface area contributed by atoms with Crippen molar-refractivity contribution < 1.29 is 9.53 Å². The van der Waals surface area contributed by atoms with Gasteiger partial charge in [-0.25, -0.2) is 0 Å². The number of carbonyl (C=O) groups excluding carboxylic acids is 1. The lowest BCUT2D eigenvalue weighted by molar-refractivity contribution is -0.149. The quantitative estimate of drug-likeness (QED) is 0.764. The molecule has 0 heterocycles. The molecule has 4 heteroatoms. The molecule has 1 rings (SSSR count). The maximum atomic E-state index is 11.8. The first kappa shape index (κ1) is 15.4. The number of hydrogen-bond donors (Lipinski definition) is 1. The van der Waals surface area contributed by atoms with Crippen LogP contribution in [0.1, 0.15) is 52.9 Å². The SMILES string of the molecule is CCC(C)N(CC)C1CCCC(N)(C(=O)OC)C1. The standard InChI is InChI=1S/C14H28N2O2/c1-5-11(3)16(6-2)12-8-7-9-14(15,10-12)13(17)18-4/h11-12H,5-10,15H2,1-4H3. The molecule has 0 aliphatic heterocycles. The number of methoxy groups -OCH3 is 1. The van der Waals surface area contributed by atoms with Gasteiger partial charge in [0.25, 0.3) is 0 Å². The van der Waals surface area contributed by atoms with E-state index in [9.17, 15) is 4.79 Å². The summed E-state index contributed by atoms with van der Waals surface area (Å²) in [6.45, 7) is 7.63. The van der Waals surface area contributed by atoms with Crippen molar-refractivity contribution >= 4 is 5.97 Å². The first-order valence-electron chi connectivity index (χ1n) is 7.11. The minimum atomic E-state index is -0.779. The molecule has 0 aromatic heterocycles. The Balaban J connectivity index is 2.76. The van der Waals surface area contributed by atoms with Gasteiger partial charge in [-0.15, -0.1) is 0 Å². The Morgan fingerprint density at radius 3 is 2.72 bits per heavy atom. The van der Waals surface area contributed by atoms with Crippen molar-refractivity contribution in [3.05, 3.63) is 0 Å². The zero-order valence-electron chi connectivity index (χ0n) is 12.2. The van der Waals surface area contributed by atoms with Crippen LogP contribution in [-0.4, -0.2) is 42.1 Å². The molecule has 0 saturated heterocycles. The second kappa shape index (κ2) is 6.53. The zero-order valence-corrected chi connectivity index (χ0v) is 12.2. The summed E-state index contributed by atoms with van der Waals surface area (Å²) in [5, 5.41) is 0. The topological polar surface area (TPSA) is 55.6 Å². The number of nitrogens with zero attached hydrogens (tertiary/aromatic N) is 1. The summed E-state index contributed by atoms with van der Waals surface area (Å²) in [6.07, 6.45) is 4.73. The lowest BCUT2D eigenvalue weighted by Crippen LogP contribution is -2.57. The summed E-state index contributed by atoms with van der Waals surface area (Å²) in [7, 11) is 1.42. The van der Waals surface area contributed by atoms with Gasteiger partial charge < -0.3 is 10.5 Å². The molecule has 0 aromatic carbocycles. The molecule has 1 aliphatic carbocycles. The fourth-order valence-electron chi connectivity index (χ4n) is 3.11. The van der Waals surface area contributed by atoms with Crippen LogP contribution in [0.25, 0.3) is 0 Å². The highest BCUT2D eigenvalue weighted by Crippen LogP contribution is 2.31. The number of hydrogen-bond acceptors (Lipinski definition) is 4. The second-order valence-corrected chi connectivity index (χ2v) is 5.49. The molecule has 1 aliphatic rings. The molecule has 1 saturated carbocycles. The third-order valence-corrected chi connectivity index (χ3v) is 4.34. The Bertz CT molecular complexity index is 283. The Labute approximate surface area is 111 Å². The van der Waals surface area contributed by atoms with Crippen LogP contribution in [0.5, 0.6) is 0 Å². The molecule has 3 unspecified atom stereocenters. The van der Waals surface area contributed by atoms with Gasteiger partial charge in [0.15, 0.2) is 0 Å². The van der Waals surface area contributed by atoms with Gasteiger partial charge in [-0.1, -0.05) is 13.8 Å². The summed E-state index contributed by atoms with van der Waals surface area (Å²) in [6, 6.07) is 0.947. The summed E-state index contributed by atoms with van der Waals surface area (Å²) in [5.74, 6) is -0.257. The summed E-state index contributed by atoms with van der Waals surface area (Å²) in [5.41, 5.74) is 5.46. The van der Waals surface area contributed by atoms with Gasteiger partial charge in [-0.05, 0) is 45.6 Å². The maximum Gasteiger partial charge on any atom is 0.325 e. The minimum Gasteiger partial charge on any atom is -0.468 e. The number of esters is 1. The van der Waals surface area contributed by atoms with Gasteiger partial charge in [0.1, 0.15) is 5.54 Å². The van der Waals surface area contributed by atoms with Crippen molar-refractivity contribution in [1.29, 1.82) is 0 Å². The van der Waals surface area contributed by atoms with Gasteiger partial charge in [0.2, 0.25) is 0 Å². The third-order valence-electron chi connectivity index (χ3n) is 4.34. The van der Waals surface area contributed by atoms with Crippen molar-refractivity contribution in [1.82, 2.24) is 4.90 Å². The number of ether oxygens (including phenoxy) is 1. The highest BCUT2D eigenvalue weighted by Gasteiger charge is 2.42. The van der Waals surface area contributed by atoms with Crippen molar-refractivity contribution in [3.63, 3.8) is 0 Å². The Morgan fingerprint density at radius 2 is 2.22 bits per heavy atom. The van der Waals surface area contributed by atoms with E-state index in [1.165, 1.54) is 7.11 Å². The van der Waals surface area contributed by atoms with E-state index < -0.39 is 5.54 Å².